The Bertz CT molecular complexity index is 1160. The third kappa shape index (κ3) is 5.34. The lowest BCUT2D eigenvalue weighted by Crippen LogP contribution is -2.13. The predicted octanol–water partition coefficient (Wildman–Crippen LogP) is 5.50. The van der Waals surface area contributed by atoms with E-state index in [1.54, 1.807) is 30.5 Å². The monoisotopic (exact) mass is 456 g/mol. The van der Waals surface area contributed by atoms with Crippen molar-refractivity contribution >= 4 is 35.0 Å². The number of benzene rings is 2. The van der Waals surface area contributed by atoms with E-state index >= 15 is 0 Å². The van der Waals surface area contributed by atoms with Gasteiger partial charge in [-0.2, -0.15) is 0 Å². The molecular weight excluding hydrogens is 439 g/mol. The second kappa shape index (κ2) is 9.80. The number of carbonyl (C=O) groups excluding carboxylic acids is 1. The van der Waals surface area contributed by atoms with Crippen molar-refractivity contribution in [1.29, 1.82) is 0 Å². The third-order valence-electron chi connectivity index (χ3n) is 4.42. The van der Waals surface area contributed by atoms with Crippen molar-refractivity contribution in [1.82, 2.24) is 14.8 Å². The molecule has 0 saturated carbocycles. The molecule has 0 unspecified atom stereocenters. The number of rotatable bonds is 8. The Hall–Kier alpha value is -3.10. The Balaban J connectivity index is 1.46. The topological polar surface area (TPSA) is 73.0 Å². The van der Waals surface area contributed by atoms with E-state index in [2.05, 4.69) is 15.5 Å². The highest BCUT2D eigenvalue weighted by molar-refractivity contribution is 7.99. The maximum Gasteiger partial charge on any atom is 0.225 e. The minimum absolute atomic E-state index is 0.170. The largest absolute Gasteiger partial charge is 0.467 e. The lowest BCUT2D eigenvalue weighted by molar-refractivity contribution is -0.115. The van der Waals surface area contributed by atoms with Crippen molar-refractivity contribution in [2.75, 3.05) is 11.1 Å². The van der Waals surface area contributed by atoms with Crippen LogP contribution < -0.4 is 5.32 Å². The van der Waals surface area contributed by atoms with Crippen LogP contribution in [0.5, 0.6) is 0 Å². The molecule has 4 aromatic rings. The number of hydrogen-bond donors (Lipinski definition) is 1. The summed E-state index contributed by atoms with van der Waals surface area (Å²) in [7, 11) is 0. The van der Waals surface area contributed by atoms with Crippen molar-refractivity contribution < 1.29 is 13.6 Å². The van der Waals surface area contributed by atoms with Crippen LogP contribution in [0.3, 0.4) is 0 Å². The quantitative estimate of drug-likeness (QED) is 0.354. The van der Waals surface area contributed by atoms with Gasteiger partial charge in [-0.3, -0.25) is 9.36 Å². The molecule has 0 aliphatic rings. The molecule has 0 aliphatic carbocycles. The molecule has 2 aromatic heterocycles. The fourth-order valence-corrected chi connectivity index (χ4v) is 3.92. The Morgan fingerprint density at radius 1 is 1.10 bits per heavy atom. The van der Waals surface area contributed by atoms with Gasteiger partial charge in [0.25, 0.3) is 0 Å². The number of halogens is 2. The number of anilines is 1. The summed E-state index contributed by atoms with van der Waals surface area (Å²) in [5, 5.41) is 12.5. The zero-order valence-corrected chi connectivity index (χ0v) is 17.9. The third-order valence-corrected chi connectivity index (χ3v) is 5.64. The molecule has 6 nitrogen and oxygen atoms in total. The summed E-state index contributed by atoms with van der Waals surface area (Å²) in [5.74, 6) is 1.15. The fraction of sp³-hybridized carbons (Fsp3) is 0.136. The van der Waals surface area contributed by atoms with Gasteiger partial charge in [-0.05, 0) is 48.5 Å². The first-order chi connectivity index (χ1) is 15.1. The zero-order chi connectivity index (χ0) is 21.6. The van der Waals surface area contributed by atoms with Crippen LogP contribution in [0.2, 0.25) is 5.02 Å². The summed E-state index contributed by atoms with van der Waals surface area (Å²) < 4.78 is 21.1. The number of amides is 1. The molecule has 4 rings (SSSR count). The lowest BCUT2D eigenvalue weighted by Gasteiger charge is -2.09. The summed E-state index contributed by atoms with van der Waals surface area (Å²) in [6.45, 7) is 0.446. The summed E-state index contributed by atoms with van der Waals surface area (Å²) >= 11 is 7.40. The van der Waals surface area contributed by atoms with Gasteiger partial charge >= 0.3 is 0 Å². The average Bonchev–Trinajstić information content (AvgIpc) is 3.41. The molecule has 0 bridgehead atoms. The van der Waals surface area contributed by atoms with Gasteiger partial charge in [0.1, 0.15) is 11.6 Å². The van der Waals surface area contributed by atoms with E-state index in [0.717, 1.165) is 11.3 Å². The van der Waals surface area contributed by atoms with Crippen LogP contribution in [-0.2, 0) is 11.3 Å². The van der Waals surface area contributed by atoms with Gasteiger partial charge in [0, 0.05) is 22.8 Å². The lowest BCUT2D eigenvalue weighted by atomic mass is 10.2. The number of furan rings is 1. The second-order valence-corrected chi connectivity index (χ2v) is 8.10. The Kier molecular flexibility index (Phi) is 6.69. The Morgan fingerprint density at radius 2 is 1.90 bits per heavy atom. The van der Waals surface area contributed by atoms with E-state index in [-0.39, 0.29) is 18.0 Å². The summed E-state index contributed by atoms with van der Waals surface area (Å²) in [4.78, 5) is 12.2. The van der Waals surface area contributed by atoms with Gasteiger partial charge < -0.3 is 9.73 Å². The molecule has 158 valence electrons. The molecular formula is C22H18ClFN4O2S. The maximum atomic E-state index is 13.7. The van der Waals surface area contributed by atoms with Crippen molar-refractivity contribution in [2.45, 2.75) is 18.1 Å². The predicted molar refractivity (Wildman–Crippen MR) is 119 cm³/mol. The molecule has 31 heavy (non-hydrogen) atoms. The van der Waals surface area contributed by atoms with Gasteiger partial charge in [-0.15, -0.1) is 10.2 Å². The van der Waals surface area contributed by atoms with Crippen LogP contribution in [-0.4, -0.2) is 26.4 Å². The van der Waals surface area contributed by atoms with E-state index in [4.69, 9.17) is 16.0 Å². The number of aromatic nitrogens is 3. The molecule has 0 fully saturated rings. The van der Waals surface area contributed by atoms with Gasteiger partial charge in [0.05, 0.1) is 18.5 Å². The minimum atomic E-state index is -0.464. The van der Waals surface area contributed by atoms with Crippen LogP contribution in [0.1, 0.15) is 12.2 Å². The van der Waals surface area contributed by atoms with Crippen LogP contribution >= 0.6 is 23.4 Å². The van der Waals surface area contributed by atoms with Gasteiger partial charge in [-0.25, -0.2) is 4.39 Å². The first kappa shape index (κ1) is 21.1. The first-order valence-corrected chi connectivity index (χ1v) is 10.9. The van der Waals surface area contributed by atoms with Gasteiger partial charge in [0.15, 0.2) is 11.0 Å². The zero-order valence-electron chi connectivity index (χ0n) is 16.3. The minimum Gasteiger partial charge on any atom is -0.467 e. The Morgan fingerprint density at radius 3 is 2.65 bits per heavy atom. The maximum absolute atomic E-state index is 13.7. The smallest absolute Gasteiger partial charge is 0.225 e. The normalized spacial score (nSPS) is 10.9. The fourth-order valence-electron chi connectivity index (χ4n) is 2.92. The van der Waals surface area contributed by atoms with Crippen molar-refractivity contribution in [2.24, 2.45) is 0 Å². The number of hydrogen-bond acceptors (Lipinski definition) is 5. The number of nitrogens with one attached hydrogen (secondary N) is 1. The van der Waals surface area contributed by atoms with E-state index in [9.17, 15) is 9.18 Å². The SMILES string of the molecule is O=C(CCSc1nnc(-c2ccc(Cl)cc2)n1Cc1ccco1)Nc1ccccc1F. The van der Waals surface area contributed by atoms with Crippen molar-refractivity contribution in [3.63, 3.8) is 0 Å². The first-order valence-electron chi connectivity index (χ1n) is 9.49. The van der Waals surface area contributed by atoms with Crippen LogP contribution in [0, 0.1) is 5.82 Å². The van der Waals surface area contributed by atoms with E-state index in [1.165, 1.54) is 23.9 Å². The molecule has 9 heteroatoms. The average molecular weight is 457 g/mol. The molecule has 1 N–H and O–H groups in total. The molecule has 0 atom stereocenters. The summed E-state index contributed by atoms with van der Waals surface area (Å²) in [6.07, 6.45) is 1.81. The molecule has 2 heterocycles. The highest BCUT2D eigenvalue weighted by atomic mass is 35.5. The summed E-state index contributed by atoms with van der Waals surface area (Å²) in [5.41, 5.74) is 1.04. The number of thioether (sulfide) groups is 1. The van der Waals surface area contributed by atoms with Crippen molar-refractivity contribution in [3.05, 3.63) is 83.5 Å². The van der Waals surface area contributed by atoms with Gasteiger partial charge in [-0.1, -0.05) is 35.5 Å². The molecule has 0 saturated heterocycles. The highest BCUT2D eigenvalue weighted by Crippen LogP contribution is 2.27. The number of carbonyl (C=O) groups is 1. The van der Waals surface area contributed by atoms with Crippen LogP contribution in [0.15, 0.2) is 76.5 Å². The number of para-hydroxylation sites is 1. The highest BCUT2D eigenvalue weighted by Gasteiger charge is 2.16. The second-order valence-electron chi connectivity index (χ2n) is 6.61. The molecule has 0 aliphatic heterocycles. The number of nitrogens with zero attached hydrogens (tertiary/aromatic N) is 3. The Labute approximate surface area is 187 Å². The van der Waals surface area contributed by atoms with Crippen molar-refractivity contribution in [3.8, 4) is 11.4 Å². The van der Waals surface area contributed by atoms with Crippen LogP contribution in [0.4, 0.5) is 10.1 Å². The van der Waals surface area contributed by atoms with E-state index < -0.39 is 5.82 Å². The van der Waals surface area contributed by atoms with Crippen LogP contribution in [0.25, 0.3) is 11.4 Å². The molecule has 2 aromatic carbocycles. The molecule has 0 radical (unpaired) electrons. The molecule has 0 spiro atoms. The van der Waals surface area contributed by atoms with E-state index in [1.807, 2.05) is 28.8 Å². The molecule has 1 amide bonds. The summed E-state index contributed by atoms with van der Waals surface area (Å²) in [6, 6.07) is 17.1. The van der Waals surface area contributed by atoms with Gasteiger partial charge in [0.2, 0.25) is 5.91 Å². The van der Waals surface area contributed by atoms with E-state index in [0.29, 0.717) is 28.3 Å². The standard InChI is InChI=1S/C22H18ClFN4O2S/c23-16-9-7-15(8-10-16)21-26-27-22(28(21)14-17-4-3-12-30-17)31-13-11-20(29)25-19-6-2-1-5-18(19)24/h1-10,12H,11,13-14H2,(H,25,29).